The van der Waals surface area contributed by atoms with E-state index in [0.717, 1.165) is 13.8 Å². The molecule has 8 nitrogen and oxygen atoms in total. The molecule has 0 unspecified atom stereocenters. The van der Waals surface area contributed by atoms with Crippen LogP contribution >= 0.6 is 0 Å². The summed E-state index contributed by atoms with van der Waals surface area (Å²) in [6, 6.07) is 0. The fourth-order valence-electron chi connectivity index (χ4n) is 1.68. The zero-order valence-corrected chi connectivity index (χ0v) is 10.8. The van der Waals surface area contributed by atoms with Gasteiger partial charge in [-0.2, -0.15) is 0 Å². The first-order valence-electron chi connectivity index (χ1n) is 5.62. The van der Waals surface area contributed by atoms with Gasteiger partial charge in [0, 0.05) is 20.8 Å². The summed E-state index contributed by atoms with van der Waals surface area (Å²) in [5, 5.41) is 9.94. The van der Waals surface area contributed by atoms with Crippen LogP contribution in [0.4, 0.5) is 0 Å². The highest BCUT2D eigenvalue weighted by atomic mass is 16.7. The van der Waals surface area contributed by atoms with Gasteiger partial charge in [0.05, 0.1) is 6.61 Å². The smallest absolute Gasteiger partial charge is 0.305 e. The highest BCUT2D eigenvalue weighted by Gasteiger charge is 2.45. The van der Waals surface area contributed by atoms with E-state index in [1.54, 1.807) is 0 Å². The van der Waals surface area contributed by atoms with Gasteiger partial charge in [0.15, 0.2) is 18.3 Å². The topological polar surface area (TPSA) is 108 Å². The third kappa shape index (κ3) is 4.49. The van der Waals surface area contributed by atoms with Crippen molar-refractivity contribution in [1.82, 2.24) is 0 Å². The van der Waals surface area contributed by atoms with Crippen LogP contribution in [0.1, 0.15) is 20.8 Å². The molecule has 0 spiro atoms. The Labute approximate surface area is 109 Å². The molecule has 1 heterocycles. The number of rotatable bonds is 3. The zero-order valence-electron chi connectivity index (χ0n) is 10.8. The first-order chi connectivity index (χ1) is 8.81. The molecule has 0 bridgehead atoms. The minimum Gasteiger partial charge on any atom is -0.456 e. The minimum atomic E-state index is -1.44. The second-order valence-electron chi connectivity index (χ2n) is 4.02. The van der Waals surface area contributed by atoms with Gasteiger partial charge in [0.25, 0.3) is 0 Å². The third-order valence-electron chi connectivity index (χ3n) is 2.31. The van der Waals surface area contributed by atoms with E-state index < -0.39 is 42.5 Å². The summed E-state index contributed by atoms with van der Waals surface area (Å²) in [7, 11) is 0. The molecule has 0 aromatic heterocycles. The molecule has 1 aliphatic rings. The van der Waals surface area contributed by atoms with E-state index in [0.29, 0.717) is 0 Å². The maximum absolute atomic E-state index is 11.0. The van der Waals surface area contributed by atoms with Crippen LogP contribution in [0.15, 0.2) is 0 Å². The van der Waals surface area contributed by atoms with E-state index in [1.807, 2.05) is 0 Å². The fraction of sp³-hybridized carbons (Fsp3) is 0.727. The van der Waals surface area contributed by atoms with E-state index >= 15 is 0 Å². The number of esters is 3. The number of carbonyl (C=O) groups is 3. The monoisotopic (exact) mass is 276 g/mol. The van der Waals surface area contributed by atoms with E-state index in [-0.39, 0.29) is 6.61 Å². The van der Waals surface area contributed by atoms with Crippen LogP contribution in [0.3, 0.4) is 0 Å². The van der Waals surface area contributed by atoms with Crippen molar-refractivity contribution in [2.75, 3.05) is 6.61 Å². The lowest BCUT2D eigenvalue weighted by Crippen LogP contribution is -2.56. The Morgan fingerprint density at radius 2 is 1.53 bits per heavy atom. The third-order valence-corrected chi connectivity index (χ3v) is 2.31. The zero-order chi connectivity index (χ0) is 14.6. The lowest BCUT2D eigenvalue weighted by Gasteiger charge is -2.37. The van der Waals surface area contributed by atoms with E-state index in [2.05, 4.69) is 0 Å². The van der Waals surface area contributed by atoms with Crippen LogP contribution in [-0.2, 0) is 33.3 Å². The Bertz CT molecular complexity index is 366. The number of carbonyl (C=O) groups excluding carboxylic acids is 3. The standard InChI is InChI=1S/C11H16O8/c1-5(12)17-8-4-16-11(19-7(3)14)9(15)10(8)18-6(2)13/h8-11,15H,4H2,1-3H3/t8-,9-,10+,11+/m1/s1. The second kappa shape index (κ2) is 6.48. The van der Waals surface area contributed by atoms with E-state index in [4.69, 9.17) is 18.9 Å². The van der Waals surface area contributed by atoms with Crippen LogP contribution in [-0.4, -0.2) is 54.2 Å². The summed E-state index contributed by atoms with van der Waals surface area (Å²) in [6.45, 7) is 3.31. The Hall–Kier alpha value is -1.67. The maximum Gasteiger partial charge on any atom is 0.305 e. The van der Waals surface area contributed by atoms with Gasteiger partial charge in [-0.1, -0.05) is 0 Å². The predicted octanol–water partition coefficient (Wildman–Crippen LogP) is -0.870. The van der Waals surface area contributed by atoms with Gasteiger partial charge in [-0.25, -0.2) is 0 Å². The fourth-order valence-corrected chi connectivity index (χ4v) is 1.68. The Morgan fingerprint density at radius 3 is 2.00 bits per heavy atom. The maximum atomic E-state index is 11.0. The molecule has 0 aliphatic carbocycles. The molecule has 1 N–H and O–H groups in total. The largest absolute Gasteiger partial charge is 0.456 e. The van der Waals surface area contributed by atoms with E-state index in [1.165, 1.54) is 6.92 Å². The SMILES string of the molecule is CC(=O)O[C@@H]1OC[C@@H](OC(C)=O)[C@H](OC(C)=O)[C@H]1O. The van der Waals surface area contributed by atoms with Crippen LogP contribution in [0, 0.1) is 0 Å². The number of hydrogen-bond donors (Lipinski definition) is 1. The summed E-state index contributed by atoms with van der Waals surface area (Å²) in [4.78, 5) is 32.8. The Morgan fingerprint density at radius 1 is 1.00 bits per heavy atom. The molecule has 0 radical (unpaired) electrons. The Kier molecular flexibility index (Phi) is 5.25. The van der Waals surface area contributed by atoms with Gasteiger partial charge in [0.1, 0.15) is 0 Å². The van der Waals surface area contributed by atoms with Gasteiger partial charge in [0.2, 0.25) is 6.29 Å². The molecule has 108 valence electrons. The predicted molar refractivity (Wildman–Crippen MR) is 58.6 cm³/mol. The lowest BCUT2D eigenvalue weighted by atomic mass is 10.0. The molecule has 1 rings (SSSR count). The number of aliphatic hydroxyl groups is 1. The molecule has 0 aromatic carbocycles. The van der Waals surface area contributed by atoms with Crippen molar-refractivity contribution < 1.29 is 38.4 Å². The van der Waals surface area contributed by atoms with Crippen LogP contribution in [0.5, 0.6) is 0 Å². The normalized spacial score (nSPS) is 30.3. The molecule has 8 heteroatoms. The van der Waals surface area contributed by atoms with Crippen molar-refractivity contribution in [3.8, 4) is 0 Å². The van der Waals surface area contributed by atoms with Gasteiger partial charge >= 0.3 is 17.9 Å². The molecule has 19 heavy (non-hydrogen) atoms. The van der Waals surface area contributed by atoms with Crippen LogP contribution in [0.2, 0.25) is 0 Å². The van der Waals surface area contributed by atoms with Gasteiger partial charge < -0.3 is 24.1 Å². The number of ether oxygens (including phenoxy) is 4. The summed E-state index contributed by atoms with van der Waals surface area (Å²) < 4.78 is 19.6. The average Bonchev–Trinajstić information content (AvgIpc) is 2.26. The summed E-state index contributed by atoms with van der Waals surface area (Å²) >= 11 is 0. The molecule has 0 aromatic rings. The highest BCUT2D eigenvalue weighted by molar-refractivity contribution is 5.67. The van der Waals surface area contributed by atoms with Crippen molar-refractivity contribution in [3.05, 3.63) is 0 Å². The van der Waals surface area contributed by atoms with E-state index in [9.17, 15) is 19.5 Å². The van der Waals surface area contributed by atoms with Gasteiger partial charge in [-0.3, -0.25) is 14.4 Å². The second-order valence-corrected chi connectivity index (χ2v) is 4.02. The van der Waals surface area contributed by atoms with Crippen molar-refractivity contribution in [1.29, 1.82) is 0 Å². The first kappa shape index (κ1) is 15.4. The van der Waals surface area contributed by atoms with Crippen molar-refractivity contribution in [3.63, 3.8) is 0 Å². The van der Waals surface area contributed by atoms with Gasteiger partial charge in [-0.05, 0) is 0 Å². The van der Waals surface area contributed by atoms with Crippen LogP contribution < -0.4 is 0 Å². The quantitative estimate of drug-likeness (QED) is 0.523. The van der Waals surface area contributed by atoms with Crippen molar-refractivity contribution in [2.24, 2.45) is 0 Å². The summed E-state index contributed by atoms with van der Waals surface area (Å²) in [6.07, 6.45) is -4.82. The number of aliphatic hydroxyl groups excluding tert-OH is 1. The molecular formula is C11H16O8. The molecule has 0 saturated carbocycles. The summed E-state index contributed by atoms with van der Waals surface area (Å²) in [5.41, 5.74) is 0. The average molecular weight is 276 g/mol. The minimum absolute atomic E-state index is 0.160. The summed E-state index contributed by atoms with van der Waals surface area (Å²) in [5.74, 6) is -1.93. The number of hydrogen-bond acceptors (Lipinski definition) is 8. The molecular weight excluding hydrogens is 260 g/mol. The molecule has 1 saturated heterocycles. The van der Waals surface area contributed by atoms with Crippen molar-refractivity contribution in [2.45, 2.75) is 45.4 Å². The van der Waals surface area contributed by atoms with Crippen LogP contribution in [0.25, 0.3) is 0 Å². The highest BCUT2D eigenvalue weighted by Crippen LogP contribution is 2.22. The first-order valence-corrected chi connectivity index (χ1v) is 5.62. The van der Waals surface area contributed by atoms with Gasteiger partial charge in [-0.15, -0.1) is 0 Å². The molecule has 1 fully saturated rings. The molecule has 0 amide bonds. The molecule has 4 atom stereocenters. The lowest BCUT2D eigenvalue weighted by molar-refractivity contribution is -0.269. The van der Waals surface area contributed by atoms with Crippen molar-refractivity contribution >= 4 is 17.9 Å². The molecule has 1 aliphatic heterocycles. The Balaban J connectivity index is 2.79.